The van der Waals surface area contributed by atoms with Gasteiger partial charge in [-0.2, -0.15) is 0 Å². The summed E-state index contributed by atoms with van der Waals surface area (Å²) in [4.78, 5) is 43.9. The fraction of sp³-hybridized carbons (Fsp3) is 0.424. The summed E-state index contributed by atoms with van der Waals surface area (Å²) >= 11 is 0. The van der Waals surface area contributed by atoms with E-state index in [0.717, 1.165) is 59.7 Å². The topological polar surface area (TPSA) is 104 Å². The van der Waals surface area contributed by atoms with E-state index in [1.165, 1.54) is 0 Å². The molecule has 1 aliphatic rings. The number of carbonyl (C=O) groups excluding carboxylic acids is 2. The maximum Gasteiger partial charge on any atom is 0.253 e. The van der Waals surface area contributed by atoms with Gasteiger partial charge in [-0.05, 0) is 93.1 Å². The van der Waals surface area contributed by atoms with E-state index in [9.17, 15) is 14.4 Å². The van der Waals surface area contributed by atoms with Crippen LogP contribution in [0.4, 0.5) is 11.4 Å². The summed E-state index contributed by atoms with van der Waals surface area (Å²) in [5, 5.41) is 6.53. The third kappa shape index (κ3) is 7.06. The predicted octanol–water partition coefficient (Wildman–Crippen LogP) is 5.50. The van der Waals surface area contributed by atoms with Crippen LogP contribution in [-0.4, -0.2) is 42.6 Å². The summed E-state index contributed by atoms with van der Waals surface area (Å²) in [5.41, 5.74) is 6.64. The molecule has 1 aromatic heterocycles. The van der Waals surface area contributed by atoms with Crippen molar-refractivity contribution < 1.29 is 14.3 Å². The van der Waals surface area contributed by atoms with Crippen molar-refractivity contribution in [2.45, 2.75) is 67.0 Å². The van der Waals surface area contributed by atoms with Gasteiger partial charge in [0.05, 0.1) is 0 Å². The minimum atomic E-state index is -0.296. The molecule has 0 aliphatic carbocycles. The molecule has 1 saturated heterocycles. The first kappa shape index (κ1) is 30.1. The Hall–Kier alpha value is -3.91. The summed E-state index contributed by atoms with van der Waals surface area (Å²) in [7, 11) is 0. The number of aromatic nitrogens is 1. The standard InChI is InChI=1S/C33H42N4O4/c1-7-37(33(40)20(2)3)30-18-25(24-8-10-26(11-9-24)36-27-12-14-41-15-13-27)17-28(23(30)6)31(38)34-19-29-21(4)16-22(5)35-32(29)39/h8-11,16-18,20,27,36H,7,12-15,19H2,1-6H3,(H,34,38)(H,35,39). The second-order valence-electron chi connectivity index (χ2n) is 11.1. The molecule has 2 heterocycles. The average molecular weight is 559 g/mol. The average Bonchev–Trinajstić information content (AvgIpc) is 2.94. The molecule has 0 saturated carbocycles. The number of H-pyrrole nitrogens is 1. The van der Waals surface area contributed by atoms with E-state index in [2.05, 4.69) is 15.6 Å². The minimum absolute atomic E-state index is 0.00284. The summed E-state index contributed by atoms with van der Waals surface area (Å²) in [6.45, 7) is 13.4. The Morgan fingerprint density at radius 2 is 1.71 bits per heavy atom. The molecule has 0 unspecified atom stereocenters. The maximum absolute atomic E-state index is 13.6. The van der Waals surface area contributed by atoms with E-state index in [0.29, 0.717) is 29.4 Å². The SMILES string of the molecule is CCN(C(=O)C(C)C)c1cc(-c2ccc(NC3CCOCC3)cc2)cc(C(=O)NCc2c(C)cc(C)[nH]c2=O)c1C. The molecule has 3 N–H and O–H groups in total. The number of amides is 2. The van der Waals surface area contributed by atoms with Crippen molar-refractivity contribution in [1.82, 2.24) is 10.3 Å². The van der Waals surface area contributed by atoms with Crippen molar-refractivity contribution in [3.63, 3.8) is 0 Å². The fourth-order valence-electron chi connectivity index (χ4n) is 5.34. The molecule has 8 nitrogen and oxygen atoms in total. The third-order valence-corrected chi connectivity index (χ3v) is 7.72. The highest BCUT2D eigenvalue weighted by Crippen LogP contribution is 2.33. The Bertz CT molecular complexity index is 1450. The van der Waals surface area contributed by atoms with Gasteiger partial charge in [0.15, 0.2) is 0 Å². The van der Waals surface area contributed by atoms with Crippen LogP contribution in [0.25, 0.3) is 11.1 Å². The van der Waals surface area contributed by atoms with Gasteiger partial charge < -0.3 is 25.3 Å². The van der Waals surface area contributed by atoms with Gasteiger partial charge >= 0.3 is 0 Å². The molecule has 0 radical (unpaired) electrons. The molecular formula is C33H42N4O4. The van der Waals surface area contributed by atoms with Crippen LogP contribution in [0.3, 0.4) is 0 Å². The lowest BCUT2D eigenvalue weighted by molar-refractivity contribution is -0.121. The number of hydrogen-bond acceptors (Lipinski definition) is 5. The predicted molar refractivity (Wildman–Crippen MR) is 165 cm³/mol. The zero-order valence-electron chi connectivity index (χ0n) is 25.0. The Morgan fingerprint density at radius 1 is 1.02 bits per heavy atom. The van der Waals surface area contributed by atoms with Crippen LogP contribution >= 0.6 is 0 Å². The van der Waals surface area contributed by atoms with E-state index in [4.69, 9.17) is 4.74 Å². The number of rotatable bonds is 9. The van der Waals surface area contributed by atoms with Gasteiger partial charge in [-0.3, -0.25) is 14.4 Å². The number of pyridine rings is 1. The molecule has 0 bridgehead atoms. The number of aromatic amines is 1. The van der Waals surface area contributed by atoms with Gasteiger partial charge in [-0.1, -0.05) is 26.0 Å². The van der Waals surface area contributed by atoms with Crippen LogP contribution in [0.1, 0.15) is 66.4 Å². The third-order valence-electron chi connectivity index (χ3n) is 7.72. The molecule has 1 fully saturated rings. The smallest absolute Gasteiger partial charge is 0.253 e. The number of benzene rings is 2. The molecule has 41 heavy (non-hydrogen) atoms. The Balaban J connectivity index is 1.69. The fourth-order valence-corrected chi connectivity index (χ4v) is 5.34. The Kier molecular flexibility index (Phi) is 9.65. The van der Waals surface area contributed by atoms with E-state index in [-0.39, 0.29) is 29.8 Å². The van der Waals surface area contributed by atoms with Gasteiger partial charge in [0, 0.05) is 66.5 Å². The Labute approximate surface area is 242 Å². The van der Waals surface area contributed by atoms with Crippen molar-refractivity contribution in [1.29, 1.82) is 0 Å². The van der Waals surface area contributed by atoms with Gasteiger partial charge in [0.25, 0.3) is 11.5 Å². The first-order chi connectivity index (χ1) is 19.6. The zero-order chi connectivity index (χ0) is 29.7. The number of nitrogens with zero attached hydrogens (tertiary/aromatic N) is 1. The Morgan fingerprint density at radius 3 is 2.32 bits per heavy atom. The van der Waals surface area contributed by atoms with Crippen LogP contribution < -0.4 is 21.1 Å². The highest BCUT2D eigenvalue weighted by molar-refractivity contribution is 6.02. The van der Waals surface area contributed by atoms with Gasteiger partial charge in [0.2, 0.25) is 5.91 Å². The van der Waals surface area contributed by atoms with Crippen LogP contribution in [-0.2, 0) is 16.1 Å². The molecule has 4 rings (SSSR count). The number of aryl methyl sites for hydroxylation is 2. The van der Waals surface area contributed by atoms with Crippen LogP contribution in [0.2, 0.25) is 0 Å². The first-order valence-electron chi connectivity index (χ1n) is 14.5. The minimum Gasteiger partial charge on any atom is -0.382 e. The largest absolute Gasteiger partial charge is 0.382 e. The van der Waals surface area contributed by atoms with E-state index >= 15 is 0 Å². The van der Waals surface area contributed by atoms with Crippen molar-refractivity contribution >= 4 is 23.2 Å². The summed E-state index contributed by atoms with van der Waals surface area (Å²) in [5.74, 6) is -0.491. The number of ether oxygens (including phenoxy) is 1. The number of hydrogen-bond donors (Lipinski definition) is 3. The van der Waals surface area contributed by atoms with E-state index < -0.39 is 0 Å². The van der Waals surface area contributed by atoms with Crippen LogP contribution in [0.5, 0.6) is 0 Å². The van der Waals surface area contributed by atoms with Crippen LogP contribution in [0, 0.1) is 26.7 Å². The molecular weight excluding hydrogens is 516 g/mol. The summed E-state index contributed by atoms with van der Waals surface area (Å²) in [6.07, 6.45) is 1.96. The van der Waals surface area contributed by atoms with E-state index in [1.807, 2.05) is 84.0 Å². The quantitative estimate of drug-likeness (QED) is 0.322. The van der Waals surface area contributed by atoms with Crippen molar-refractivity contribution in [3.05, 3.63) is 80.8 Å². The molecule has 0 spiro atoms. The highest BCUT2D eigenvalue weighted by Gasteiger charge is 2.23. The highest BCUT2D eigenvalue weighted by atomic mass is 16.5. The molecule has 218 valence electrons. The lowest BCUT2D eigenvalue weighted by atomic mass is 9.96. The van der Waals surface area contributed by atoms with E-state index in [1.54, 1.807) is 4.90 Å². The van der Waals surface area contributed by atoms with Gasteiger partial charge in [-0.25, -0.2) is 0 Å². The van der Waals surface area contributed by atoms with Crippen molar-refractivity contribution in [2.24, 2.45) is 5.92 Å². The summed E-state index contributed by atoms with van der Waals surface area (Å²) < 4.78 is 5.47. The monoisotopic (exact) mass is 558 g/mol. The van der Waals surface area contributed by atoms with Crippen molar-refractivity contribution in [2.75, 3.05) is 30.0 Å². The maximum atomic E-state index is 13.6. The first-order valence-corrected chi connectivity index (χ1v) is 14.5. The molecule has 3 aromatic rings. The zero-order valence-corrected chi connectivity index (χ0v) is 25.0. The van der Waals surface area contributed by atoms with Gasteiger partial charge in [0.1, 0.15) is 0 Å². The second-order valence-corrected chi connectivity index (χ2v) is 11.1. The molecule has 1 aliphatic heterocycles. The number of anilines is 2. The molecule has 2 amide bonds. The lowest BCUT2D eigenvalue weighted by Crippen LogP contribution is -2.35. The number of nitrogens with one attached hydrogen (secondary N) is 3. The number of carbonyl (C=O) groups is 2. The van der Waals surface area contributed by atoms with Crippen molar-refractivity contribution in [3.8, 4) is 11.1 Å². The summed E-state index contributed by atoms with van der Waals surface area (Å²) in [6, 6.07) is 14.3. The lowest BCUT2D eigenvalue weighted by Gasteiger charge is -2.27. The molecule has 8 heteroatoms. The normalized spacial score (nSPS) is 13.7. The molecule has 0 atom stereocenters. The molecule has 2 aromatic carbocycles. The second kappa shape index (κ2) is 13.2. The van der Waals surface area contributed by atoms with Gasteiger partial charge in [-0.15, -0.1) is 0 Å². The van der Waals surface area contributed by atoms with Crippen LogP contribution in [0.15, 0.2) is 47.3 Å².